The van der Waals surface area contributed by atoms with Crippen molar-refractivity contribution in [2.24, 2.45) is 0 Å². The van der Waals surface area contributed by atoms with Crippen LogP contribution in [-0.2, 0) is 9.59 Å². The molecule has 2 rings (SSSR count). The van der Waals surface area contributed by atoms with Crippen LogP contribution in [0, 0.1) is 6.92 Å². The fourth-order valence-corrected chi connectivity index (χ4v) is 2.03. The van der Waals surface area contributed by atoms with Gasteiger partial charge in [-0.3, -0.25) is 20.4 Å². The first-order valence-corrected chi connectivity index (χ1v) is 8.02. The van der Waals surface area contributed by atoms with E-state index in [1.807, 2.05) is 19.1 Å². The summed E-state index contributed by atoms with van der Waals surface area (Å²) in [6.07, 6.45) is -0.809. The number of halogens is 1. The molecule has 2 amide bonds. The van der Waals surface area contributed by atoms with Crippen LogP contribution >= 0.6 is 11.6 Å². The Labute approximate surface area is 151 Å². The Bertz CT molecular complexity index is 734. The number of ether oxygens (including phenoxy) is 2. The predicted molar refractivity (Wildman–Crippen MR) is 94.5 cm³/mol. The second-order valence-corrected chi connectivity index (χ2v) is 5.79. The zero-order chi connectivity index (χ0) is 18.2. The van der Waals surface area contributed by atoms with Gasteiger partial charge in [0.1, 0.15) is 11.5 Å². The molecule has 0 saturated heterocycles. The lowest BCUT2D eigenvalue weighted by Crippen LogP contribution is -2.48. The van der Waals surface area contributed by atoms with Gasteiger partial charge in [0.25, 0.3) is 11.8 Å². The molecular weight excluding hydrogens is 344 g/mol. The fourth-order valence-electron chi connectivity index (χ4n) is 1.85. The first-order valence-electron chi connectivity index (χ1n) is 7.64. The van der Waals surface area contributed by atoms with Gasteiger partial charge in [0.15, 0.2) is 12.7 Å². The summed E-state index contributed by atoms with van der Waals surface area (Å²) in [5.41, 5.74) is 5.65. The number of benzene rings is 2. The van der Waals surface area contributed by atoms with Gasteiger partial charge in [-0.2, -0.15) is 0 Å². The largest absolute Gasteiger partial charge is 0.484 e. The highest BCUT2D eigenvalue weighted by molar-refractivity contribution is 6.30. The minimum Gasteiger partial charge on any atom is -0.484 e. The van der Waals surface area contributed by atoms with E-state index in [0.717, 1.165) is 5.56 Å². The van der Waals surface area contributed by atoms with Crippen molar-refractivity contribution in [1.29, 1.82) is 0 Å². The van der Waals surface area contributed by atoms with E-state index >= 15 is 0 Å². The van der Waals surface area contributed by atoms with E-state index in [1.54, 1.807) is 43.3 Å². The summed E-state index contributed by atoms with van der Waals surface area (Å²) in [5, 5.41) is 0.506. The molecule has 0 aliphatic heterocycles. The summed E-state index contributed by atoms with van der Waals surface area (Å²) in [4.78, 5) is 23.6. The summed E-state index contributed by atoms with van der Waals surface area (Å²) in [5.74, 6) is 0.0569. The van der Waals surface area contributed by atoms with Gasteiger partial charge in [-0.1, -0.05) is 35.4 Å². The van der Waals surface area contributed by atoms with Crippen LogP contribution < -0.4 is 20.3 Å². The molecular formula is C18H19ClN2O4. The maximum atomic E-state index is 11.9. The average molecular weight is 363 g/mol. The molecule has 0 heterocycles. The maximum absolute atomic E-state index is 11.9. The highest BCUT2D eigenvalue weighted by atomic mass is 35.5. The predicted octanol–water partition coefficient (Wildman–Crippen LogP) is 2.64. The first kappa shape index (κ1) is 18.6. The normalized spacial score (nSPS) is 11.3. The highest BCUT2D eigenvalue weighted by Gasteiger charge is 2.15. The van der Waals surface area contributed by atoms with Crippen LogP contribution in [-0.4, -0.2) is 24.5 Å². The third kappa shape index (κ3) is 6.35. The zero-order valence-corrected chi connectivity index (χ0v) is 14.7. The quantitative estimate of drug-likeness (QED) is 0.774. The molecule has 1 unspecified atom stereocenters. The summed E-state index contributed by atoms with van der Waals surface area (Å²) >= 11 is 5.85. The van der Waals surface area contributed by atoms with E-state index in [-0.39, 0.29) is 6.61 Å². The number of rotatable bonds is 6. The molecule has 132 valence electrons. The Morgan fingerprint density at radius 3 is 2.48 bits per heavy atom. The minimum absolute atomic E-state index is 0.215. The lowest BCUT2D eigenvalue weighted by atomic mass is 10.2. The van der Waals surface area contributed by atoms with E-state index in [2.05, 4.69) is 10.9 Å². The Balaban J connectivity index is 1.72. The first-order chi connectivity index (χ1) is 11.9. The molecule has 0 spiro atoms. The van der Waals surface area contributed by atoms with E-state index in [9.17, 15) is 9.59 Å². The van der Waals surface area contributed by atoms with E-state index in [1.165, 1.54) is 0 Å². The Morgan fingerprint density at radius 1 is 1.08 bits per heavy atom. The number of aryl methyl sites for hydroxylation is 1. The number of carbonyl (C=O) groups is 2. The summed E-state index contributed by atoms with van der Waals surface area (Å²) < 4.78 is 10.8. The highest BCUT2D eigenvalue weighted by Crippen LogP contribution is 2.18. The van der Waals surface area contributed by atoms with Crippen molar-refractivity contribution in [3.05, 3.63) is 59.1 Å². The molecule has 0 bridgehead atoms. The topological polar surface area (TPSA) is 76.7 Å². The van der Waals surface area contributed by atoms with Crippen LogP contribution in [0.15, 0.2) is 48.5 Å². The molecule has 0 radical (unpaired) electrons. The van der Waals surface area contributed by atoms with Crippen molar-refractivity contribution >= 4 is 23.4 Å². The molecule has 2 N–H and O–H groups in total. The summed E-state index contributed by atoms with van der Waals surface area (Å²) in [6.45, 7) is 3.30. The average Bonchev–Trinajstić information content (AvgIpc) is 2.59. The molecule has 0 aliphatic carbocycles. The molecule has 0 aliphatic rings. The molecule has 6 nitrogen and oxygen atoms in total. The molecule has 0 saturated carbocycles. The minimum atomic E-state index is -0.809. The van der Waals surface area contributed by atoms with Gasteiger partial charge < -0.3 is 9.47 Å². The van der Waals surface area contributed by atoms with Crippen LogP contribution in [0.25, 0.3) is 0 Å². The lowest BCUT2D eigenvalue weighted by molar-refractivity contribution is -0.133. The molecule has 1 atom stereocenters. The summed E-state index contributed by atoms with van der Waals surface area (Å²) in [6, 6.07) is 14.0. The second kappa shape index (κ2) is 8.94. The van der Waals surface area contributed by atoms with Crippen molar-refractivity contribution in [3.8, 4) is 11.5 Å². The maximum Gasteiger partial charge on any atom is 0.279 e. The van der Waals surface area contributed by atoms with Gasteiger partial charge in [0, 0.05) is 5.02 Å². The van der Waals surface area contributed by atoms with Gasteiger partial charge in [0.2, 0.25) is 0 Å². The van der Waals surface area contributed by atoms with Crippen molar-refractivity contribution in [1.82, 2.24) is 10.9 Å². The molecule has 0 fully saturated rings. The van der Waals surface area contributed by atoms with Gasteiger partial charge in [-0.05, 0) is 44.2 Å². The lowest BCUT2D eigenvalue weighted by Gasteiger charge is -2.15. The van der Waals surface area contributed by atoms with Gasteiger partial charge in [0.05, 0.1) is 0 Å². The summed E-state index contributed by atoms with van der Waals surface area (Å²) in [7, 11) is 0. The fraction of sp³-hybridized carbons (Fsp3) is 0.222. The molecule has 2 aromatic rings. The third-order valence-electron chi connectivity index (χ3n) is 3.19. The number of carbonyl (C=O) groups excluding carboxylic acids is 2. The zero-order valence-electron chi connectivity index (χ0n) is 13.9. The van der Waals surface area contributed by atoms with Crippen LogP contribution in [0.4, 0.5) is 0 Å². The Kier molecular flexibility index (Phi) is 6.65. The number of hydrogen-bond acceptors (Lipinski definition) is 4. The third-order valence-corrected chi connectivity index (χ3v) is 3.43. The SMILES string of the molecule is Cc1ccc(OCC(=O)NNC(=O)C(C)Oc2cccc(Cl)c2)cc1. The van der Waals surface area contributed by atoms with E-state index in [4.69, 9.17) is 21.1 Å². The second-order valence-electron chi connectivity index (χ2n) is 5.36. The van der Waals surface area contributed by atoms with Gasteiger partial charge >= 0.3 is 0 Å². The van der Waals surface area contributed by atoms with E-state index in [0.29, 0.717) is 16.5 Å². The smallest absolute Gasteiger partial charge is 0.279 e. The number of hydrogen-bond donors (Lipinski definition) is 2. The number of nitrogens with one attached hydrogen (secondary N) is 2. The monoisotopic (exact) mass is 362 g/mol. The Morgan fingerprint density at radius 2 is 1.80 bits per heavy atom. The van der Waals surface area contributed by atoms with Gasteiger partial charge in [-0.15, -0.1) is 0 Å². The standard InChI is InChI=1S/C18H19ClN2O4/c1-12-6-8-15(9-7-12)24-11-17(22)20-21-18(23)13(2)25-16-5-3-4-14(19)10-16/h3-10,13H,11H2,1-2H3,(H,20,22)(H,21,23). The van der Waals surface area contributed by atoms with Crippen LogP contribution in [0.3, 0.4) is 0 Å². The van der Waals surface area contributed by atoms with Crippen molar-refractivity contribution < 1.29 is 19.1 Å². The Hall–Kier alpha value is -2.73. The van der Waals surface area contributed by atoms with Crippen molar-refractivity contribution in [3.63, 3.8) is 0 Å². The van der Waals surface area contributed by atoms with Crippen LogP contribution in [0.1, 0.15) is 12.5 Å². The number of hydrazine groups is 1. The van der Waals surface area contributed by atoms with Crippen LogP contribution in [0.5, 0.6) is 11.5 Å². The molecule has 25 heavy (non-hydrogen) atoms. The van der Waals surface area contributed by atoms with Crippen molar-refractivity contribution in [2.45, 2.75) is 20.0 Å². The molecule has 7 heteroatoms. The molecule has 0 aromatic heterocycles. The molecule has 2 aromatic carbocycles. The van der Waals surface area contributed by atoms with Gasteiger partial charge in [-0.25, -0.2) is 0 Å². The van der Waals surface area contributed by atoms with Crippen LogP contribution in [0.2, 0.25) is 5.02 Å². The number of amides is 2. The van der Waals surface area contributed by atoms with E-state index < -0.39 is 17.9 Å². The van der Waals surface area contributed by atoms with Crippen molar-refractivity contribution in [2.75, 3.05) is 6.61 Å².